The average molecular weight is 577 g/mol. The molecule has 0 bridgehead atoms. The van der Waals surface area contributed by atoms with Crippen LogP contribution in [0.4, 0.5) is 5.95 Å². The van der Waals surface area contributed by atoms with Gasteiger partial charge in [-0.1, -0.05) is 41.2 Å². The fourth-order valence-electron chi connectivity index (χ4n) is 6.23. The third-order valence-corrected chi connectivity index (χ3v) is 8.50. The fourth-order valence-corrected chi connectivity index (χ4v) is 6.41. The largest absolute Gasteiger partial charge is 0.439 e. The number of hydrogen-bond acceptors (Lipinski definition) is 9. The van der Waals surface area contributed by atoms with Crippen LogP contribution in [0.3, 0.4) is 0 Å². The summed E-state index contributed by atoms with van der Waals surface area (Å²) < 4.78 is 10.7. The Labute approximate surface area is 240 Å². The van der Waals surface area contributed by atoms with Crippen LogP contribution in [0.1, 0.15) is 51.6 Å². The van der Waals surface area contributed by atoms with Crippen molar-refractivity contribution in [2.45, 2.75) is 58.2 Å². The number of rotatable bonds is 6. The summed E-state index contributed by atoms with van der Waals surface area (Å²) in [4.78, 5) is 31.3. The first-order valence-corrected chi connectivity index (χ1v) is 14.4. The summed E-state index contributed by atoms with van der Waals surface area (Å²) in [6.45, 7) is 3.99. The number of nitrogens with one attached hydrogen (secondary N) is 1. The highest BCUT2D eigenvalue weighted by Crippen LogP contribution is 2.39. The van der Waals surface area contributed by atoms with Gasteiger partial charge in [-0.3, -0.25) is 14.5 Å². The van der Waals surface area contributed by atoms with Crippen LogP contribution in [-0.4, -0.2) is 51.3 Å². The molecule has 2 aliphatic rings. The Balaban J connectivity index is 1.44. The summed E-state index contributed by atoms with van der Waals surface area (Å²) in [6.07, 6.45) is 12.0. The van der Waals surface area contributed by atoms with Crippen LogP contribution in [0.25, 0.3) is 33.8 Å². The molecule has 0 radical (unpaired) electrons. The van der Waals surface area contributed by atoms with E-state index < -0.39 is 5.76 Å². The zero-order valence-electron chi connectivity index (χ0n) is 22.9. The topological polar surface area (TPSA) is 140 Å². The first-order valence-electron chi connectivity index (χ1n) is 14.1. The van der Waals surface area contributed by atoms with Gasteiger partial charge in [0.1, 0.15) is 10.9 Å². The first-order chi connectivity index (χ1) is 19.9. The number of halogens is 1. The lowest BCUT2D eigenvalue weighted by Crippen LogP contribution is -2.32. The van der Waals surface area contributed by atoms with Crippen LogP contribution in [0.5, 0.6) is 0 Å². The van der Waals surface area contributed by atoms with Gasteiger partial charge in [-0.2, -0.15) is 0 Å². The zero-order chi connectivity index (χ0) is 28.1. The van der Waals surface area contributed by atoms with Gasteiger partial charge in [-0.05, 0) is 43.2 Å². The third kappa shape index (κ3) is 4.88. The predicted octanol–water partition coefficient (Wildman–Crippen LogP) is 3.53. The van der Waals surface area contributed by atoms with E-state index in [1.54, 1.807) is 17.1 Å². The van der Waals surface area contributed by atoms with Crippen LogP contribution in [0, 0.1) is 11.8 Å². The van der Waals surface area contributed by atoms with Gasteiger partial charge in [0.05, 0.1) is 28.8 Å². The van der Waals surface area contributed by atoms with Gasteiger partial charge < -0.3 is 9.47 Å². The minimum Gasteiger partial charge on any atom is -0.308 e. The predicted molar refractivity (Wildman–Crippen MR) is 150 cm³/mol. The van der Waals surface area contributed by atoms with Crippen molar-refractivity contribution >= 4 is 28.6 Å². The number of nitrogens with zero attached hydrogens (tertiary/aromatic N) is 10. The zero-order valence-corrected chi connectivity index (χ0v) is 23.7. The number of aryl methyl sites for hydroxylation is 1. The van der Waals surface area contributed by atoms with Crippen LogP contribution < -0.4 is 15.3 Å². The van der Waals surface area contributed by atoms with E-state index in [9.17, 15) is 4.79 Å². The molecule has 1 saturated heterocycles. The Morgan fingerprint density at radius 2 is 2.00 bits per heavy atom. The molecule has 13 nitrogen and oxygen atoms in total. The molecular formula is C27H31ClN11O2+. The summed E-state index contributed by atoms with van der Waals surface area (Å²) in [7, 11) is 1.87. The quantitative estimate of drug-likeness (QED) is 0.300. The van der Waals surface area contributed by atoms with Crippen LogP contribution in [-0.2, 0) is 13.6 Å². The Morgan fingerprint density at radius 1 is 1.15 bits per heavy atom. The molecule has 1 aliphatic heterocycles. The number of hydrogen-bond donors (Lipinski definition) is 1. The molecule has 212 valence electrons. The molecule has 1 atom stereocenters. The molecule has 6 heterocycles. The smallest absolute Gasteiger partial charge is 0.308 e. The monoisotopic (exact) mass is 576 g/mol. The summed E-state index contributed by atoms with van der Waals surface area (Å²) in [5.74, 6) is 1.72. The second-order valence-corrected chi connectivity index (χ2v) is 11.7. The summed E-state index contributed by atoms with van der Waals surface area (Å²) in [6, 6.07) is 3.70. The molecule has 1 N–H and O–H groups in total. The number of fused-ring (bicyclic) bond motifs is 1. The molecule has 1 aliphatic carbocycles. The number of imidazole rings is 1. The summed E-state index contributed by atoms with van der Waals surface area (Å²) >= 11 is 6.40. The average Bonchev–Trinajstić information content (AvgIpc) is 3.76. The van der Waals surface area contributed by atoms with Gasteiger partial charge >= 0.3 is 5.76 Å². The van der Waals surface area contributed by atoms with E-state index in [-0.39, 0.29) is 12.0 Å². The molecule has 41 heavy (non-hydrogen) atoms. The van der Waals surface area contributed by atoms with Gasteiger partial charge in [0, 0.05) is 37.5 Å². The van der Waals surface area contributed by atoms with E-state index in [0.29, 0.717) is 22.3 Å². The van der Waals surface area contributed by atoms with E-state index in [4.69, 9.17) is 26.1 Å². The standard InChI is InChI=1S/C27H30ClN11O2/c1-16-5-7-17(8-6-16)14-38-24-20(31-26(38)37-9-3-4-22(37)39-15-36(2)34-35-39)11-21(25-32-27(40)41-33-25)30-23(24)18-10-19(28)13-29-12-18/h10-13,15-17,22H,3-9,14H2,1-2H3/p+1. The first kappa shape index (κ1) is 25.8. The van der Waals surface area contributed by atoms with Crippen molar-refractivity contribution in [3.05, 3.63) is 46.4 Å². The Morgan fingerprint density at radius 3 is 2.73 bits per heavy atom. The maximum atomic E-state index is 11.8. The number of pyridine rings is 2. The summed E-state index contributed by atoms with van der Waals surface area (Å²) in [5, 5.41) is 12.9. The molecule has 0 amide bonds. The van der Waals surface area contributed by atoms with E-state index in [1.165, 1.54) is 25.7 Å². The van der Waals surface area contributed by atoms with Crippen molar-refractivity contribution in [3.8, 4) is 22.8 Å². The van der Waals surface area contributed by atoms with Gasteiger partial charge in [0.25, 0.3) is 0 Å². The molecule has 0 aromatic carbocycles. The highest BCUT2D eigenvalue weighted by atomic mass is 35.5. The van der Waals surface area contributed by atoms with Crippen molar-refractivity contribution in [1.82, 2.24) is 44.8 Å². The van der Waals surface area contributed by atoms with E-state index in [1.807, 2.05) is 30.2 Å². The Hall–Kier alpha value is -4.13. The lowest BCUT2D eigenvalue weighted by Gasteiger charge is -2.29. The van der Waals surface area contributed by atoms with Gasteiger partial charge in [-0.25, -0.2) is 14.8 Å². The van der Waals surface area contributed by atoms with E-state index in [0.717, 1.165) is 54.4 Å². The number of anilines is 1. The number of aromatic amines is 1. The molecule has 5 aromatic heterocycles. The molecular weight excluding hydrogens is 546 g/mol. The number of tetrazole rings is 1. The third-order valence-electron chi connectivity index (χ3n) is 8.29. The highest BCUT2D eigenvalue weighted by Gasteiger charge is 2.36. The van der Waals surface area contributed by atoms with Crippen molar-refractivity contribution in [3.63, 3.8) is 0 Å². The second-order valence-electron chi connectivity index (χ2n) is 11.3. The van der Waals surface area contributed by atoms with Crippen molar-refractivity contribution in [1.29, 1.82) is 0 Å². The molecule has 5 aromatic rings. The fraction of sp³-hybridized carbons (Fsp3) is 0.481. The van der Waals surface area contributed by atoms with E-state index in [2.05, 4.69) is 41.9 Å². The maximum Gasteiger partial charge on any atom is 0.439 e. The van der Waals surface area contributed by atoms with Gasteiger partial charge in [0.15, 0.2) is 11.4 Å². The lowest BCUT2D eigenvalue weighted by molar-refractivity contribution is -0.731. The molecule has 1 saturated carbocycles. The number of H-pyrrole nitrogens is 1. The second kappa shape index (κ2) is 10.4. The summed E-state index contributed by atoms with van der Waals surface area (Å²) in [5.41, 5.74) is 3.50. The van der Waals surface area contributed by atoms with Crippen LogP contribution in [0.2, 0.25) is 5.02 Å². The molecule has 14 heteroatoms. The number of aromatic nitrogens is 10. The normalized spacial score (nSPS) is 21.2. The molecule has 2 fully saturated rings. The Bertz CT molecular complexity index is 1760. The van der Waals surface area contributed by atoms with Crippen molar-refractivity contribution < 1.29 is 9.20 Å². The minimum atomic E-state index is -0.647. The highest BCUT2D eigenvalue weighted by molar-refractivity contribution is 6.30. The Kier molecular flexibility index (Phi) is 6.53. The molecule has 0 spiro atoms. The lowest BCUT2D eigenvalue weighted by atomic mass is 9.83. The molecule has 7 rings (SSSR count). The maximum absolute atomic E-state index is 11.8. The van der Waals surface area contributed by atoms with Gasteiger partial charge in [-0.15, -0.1) is 4.68 Å². The molecule has 1 unspecified atom stereocenters. The van der Waals surface area contributed by atoms with Crippen LogP contribution >= 0.6 is 11.6 Å². The van der Waals surface area contributed by atoms with Crippen LogP contribution in [0.15, 0.2) is 40.2 Å². The SMILES string of the molecule is CC1CCC(Cn2c(N3CCCC3n3c[n+](C)nn3)nc3cc(-c4noc(=O)[nH]4)nc(-c4cncc(Cl)c4)c32)CC1. The van der Waals surface area contributed by atoms with E-state index >= 15 is 0 Å². The van der Waals surface area contributed by atoms with Crippen molar-refractivity contribution in [2.75, 3.05) is 11.4 Å². The minimum absolute atomic E-state index is 0.0127. The van der Waals surface area contributed by atoms with Crippen molar-refractivity contribution in [2.24, 2.45) is 18.9 Å². The van der Waals surface area contributed by atoms with Gasteiger partial charge in [0.2, 0.25) is 18.1 Å².